The van der Waals surface area contributed by atoms with Gasteiger partial charge in [0.2, 0.25) is 21.1 Å². The molecule has 0 unspecified atom stereocenters. The second-order valence-corrected chi connectivity index (χ2v) is 8.20. The Labute approximate surface area is 165 Å². The minimum absolute atomic E-state index is 0.0536. The number of nitrogens with zero attached hydrogens (tertiary/aromatic N) is 2. The average Bonchev–Trinajstić information content (AvgIpc) is 3.26. The van der Waals surface area contributed by atoms with Gasteiger partial charge in [0.05, 0.1) is 10.6 Å². The maximum atomic E-state index is 12.1. The maximum Gasteiger partial charge on any atom is 0.238 e. The fraction of sp³-hybridized carbons (Fsp3) is 0.118. The summed E-state index contributed by atoms with van der Waals surface area (Å²) in [5.41, 5.74) is 0.337. The molecule has 0 atom stereocenters. The normalized spacial score (nSPS) is 11.8. The Morgan fingerprint density at radius 2 is 2.14 bits per heavy atom. The van der Waals surface area contributed by atoms with Crippen LogP contribution < -0.4 is 10.5 Å². The summed E-state index contributed by atoms with van der Waals surface area (Å²) in [5, 5.41) is 14.9. The molecule has 1 amide bonds. The molecule has 0 aliphatic heterocycles. The molecule has 2 aromatic heterocycles. The van der Waals surface area contributed by atoms with Crippen molar-refractivity contribution >= 4 is 45.5 Å². The number of benzene rings is 1. The van der Waals surface area contributed by atoms with Crippen LogP contribution in [0, 0.1) is 6.92 Å². The fourth-order valence-corrected chi connectivity index (χ4v) is 3.34. The highest BCUT2D eigenvalue weighted by atomic mass is 32.2. The van der Waals surface area contributed by atoms with E-state index in [1.807, 2.05) is 19.1 Å². The van der Waals surface area contributed by atoms with E-state index in [4.69, 9.17) is 9.56 Å². The number of carbonyl (C=O) groups is 1. The van der Waals surface area contributed by atoms with Crippen LogP contribution in [0.4, 0.5) is 5.69 Å². The van der Waals surface area contributed by atoms with Crippen LogP contribution in [0.3, 0.4) is 0 Å². The summed E-state index contributed by atoms with van der Waals surface area (Å²) in [7, 11) is -3.83. The molecule has 4 N–H and O–H groups in total. The lowest BCUT2D eigenvalue weighted by atomic mass is 10.3. The standard InChI is InChI=1S/C17H17N5O4S2/c1-11-5-6-13(26-11)7-8-15-20-17(22-21-15)27-10-16(23)19-12-3-2-4-14(9-12)28(18,24)25/h2-9H,10H2,1H3,(H,19,23)(H2,18,24,25)(H,20,21,22). The summed E-state index contributed by atoms with van der Waals surface area (Å²) < 4.78 is 28.1. The number of aromatic nitrogens is 3. The number of hydrogen-bond acceptors (Lipinski definition) is 7. The average molecular weight is 419 g/mol. The topological polar surface area (TPSA) is 144 Å². The van der Waals surface area contributed by atoms with Crippen LogP contribution in [0.2, 0.25) is 0 Å². The summed E-state index contributed by atoms with van der Waals surface area (Å²) in [5.74, 6) is 1.76. The SMILES string of the molecule is Cc1ccc(C=Cc2nc(SCC(=O)Nc3cccc(S(N)(=O)=O)c3)n[nH]2)o1. The zero-order chi connectivity index (χ0) is 20.1. The van der Waals surface area contributed by atoms with Gasteiger partial charge in [0.1, 0.15) is 17.3 Å². The van der Waals surface area contributed by atoms with E-state index in [1.165, 1.54) is 18.2 Å². The Bertz CT molecular complexity index is 1120. The van der Waals surface area contributed by atoms with E-state index in [1.54, 1.807) is 18.2 Å². The van der Waals surface area contributed by atoms with E-state index in [-0.39, 0.29) is 16.6 Å². The summed E-state index contributed by atoms with van der Waals surface area (Å²) >= 11 is 1.14. The zero-order valence-corrected chi connectivity index (χ0v) is 16.4. The second-order valence-electron chi connectivity index (χ2n) is 5.69. The van der Waals surface area contributed by atoms with E-state index >= 15 is 0 Å². The lowest BCUT2D eigenvalue weighted by Crippen LogP contribution is -2.16. The molecule has 0 aliphatic rings. The van der Waals surface area contributed by atoms with Crippen LogP contribution in [0.5, 0.6) is 0 Å². The molecule has 9 nitrogen and oxygen atoms in total. The summed E-state index contributed by atoms with van der Waals surface area (Å²) in [6, 6.07) is 9.42. The molecular weight excluding hydrogens is 402 g/mol. The summed E-state index contributed by atoms with van der Waals surface area (Å²) in [4.78, 5) is 16.2. The minimum Gasteiger partial charge on any atom is -0.462 e. The number of aryl methyl sites for hydroxylation is 1. The molecule has 2 heterocycles. The molecular formula is C17H17N5O4S2. The molecule has 3 aromatic rings. The van der Waals surface area contributed by atoms with Crippen molar-refractivity contribution in [3.05, 3.63) is 53.7 Å². The van der Waals surface area contributed by atoms with Crippen LogP contribution in [0.1, 0.15) is 17.3 Å². The van der Waals surface area contributed by atoms with Crippen molar-refractivity contribution in [2.75, 3.05) is 11.1 Å². The third-order valence-electron chi connectivity index (χ3n) is 3.43. The number of sulfonamides is 1. The Kier molecular flexibility index (Phi) is 5.97. The Morgan fingerprint density at radius 1 is 1.32 bits per heavy atom. The molecule has 0 spiro atoms. The number of thioether (sulfide) groups is 1. The number of nitrogens with two attached hydrogens (primary N) is 1. The first kappa shape index (κ1) is 19.9. The van der Waals surface area contributed by atoms with Gasteiger partial charge in [0.15, 0.2) is 0 Å². The van der Waals surface area contributed by atoms with E-state index in [0.29, 0.717) is 22.4 Å². The van der Waals surface area contributed by atoms with Crippen molar-refractivity contribution in [1.29, 1.82) is 0 Å². The number of H-pyrrole nitrogens is 1. The van der Waals surface area contributed by atoms with Gasteiger partial charge in [-0.3, -0.25) is 9.89 Å². The third kappa shape index (κ3) is 5.55. The third-order valence-corrected chi connectivity index (χ3v) is 5.19. The number of rotatable bonds is 7. The van der Waals surface area contributed by atoms with Crippen molar-refractivity contribution in [1.82, 2.24) is 15.2 Å². The van der Waals surface area contributed by atoms with Crippen molar-refractivity contribution < 1.29 is 17.6 Å². The lowest BCUT2D eigenvalue weighted by molar-refractivity contribution is -0.113. The van der Waals surface area contributed by atoms with Crippen LogP contribution in [0.25, 0.3) is 12.2 Å². The molecule has 0 aliphatic carbocycles. The van der Waals surface area contributed by atoms with Crippen LogP contribution in [0.15, 0.2) is 50.9 Å². The van der Waals surface area contributed by atoms with Gasteiger partial charge in [0.25, 0.3) is 0 Å². The Morgan fingerprint density at radius 3 is 2.86 bits per heavy atom. The number of aromatic amines is 1. The number of carbonyl (C=O) groups excluding carboxylic acids is 1. The zero-order valence-electron chi connectivity index (χ0n) is 14.7. The largest absolute Gasteiger partial charge is 0.462 e. The van der Waals surface area contributed by atoms with Crippen molar-refractivity contribution in [3.8, 4) is 0 Å². The molecule has 0 radical (unpaired) electrons. The highest BCUT2D eigenvalue weighted by Gasteiger charge is 2.11. The van der Waals surface area contributed by atoms with E-state index in [2.05, 4.69) is 20.5 Å². The Hall–Kier alpha value is -2.89. The van der Waals surface area contributed by atoms with E-state index in [9.17, 15) is 13.2 Å². The predicted octanol–water partition coefficient (Wildman–Crippen LogP) is 2.25. The van der Waals surface area contributed by atoms with Gasteiger partial charge in [-0.05, 0) is 49.4 Å². The number of nitrogens with one attached hydrogen (secondary N) is 2. The lowest BCUT2D eigenvalue weighted by Gasteiger charge is -2.05. The number of amides is 1. The van der Waals surface area contributed by atoms with E-state index < -0.39 is 10.0 Å². The molecule has 28 heavy (non-hydrogen) atoms. The van der Waals surface area contributed by atoms with Gasteiger partial charge >= 0.3 is 0 Å². The number of hydrogen-bond donors (Lipinski definition) is 3. The summed E-state index contributed by atoms with van der Waals surface area (Å²) in [6.07, 6.45) is 3.47. The first-order valence-electron chi connectivity index (χ1n) is 8.02. The van der Waals surface area contributed by atoms with Gasteiger partial charge < -0.3 is 9.73 Å². The first-order chi connectivity index (χ1) is 13.3. The van der Waals surface area contributed by atoms with E-state index in [0.717, 1.165) is 17.5 Å². The molecule has 0 saturated carbocycles. The molecule has 1 aromatic carbocycles. The van der Waals surface area contributed by atoms with Gasteiger partial charge in [0, 0.05) is 5.69 Å². The molecule has 146 valence electrons. The summed E-state index contributed by atoms with van der Waals surface area (Å²) in [6.45, 7) is 1.86. The van der Waals surface area contributed by atoms with Gasteiger partial charge in [-0.2, -0.15) is 0 Å². The smallest absolute Gasteiger partial charge is 0.238 e. The van der Waals surface area contributed by atoms with Crippen LogP contribution in [-0.4, -0.2) is 35.3 Å². The molecule has 0 saturated heterocycles. The minimum atomic E-state index is -3.83. The maximum absolute atomic E-state index is 12.1. The monoisotopic (exact) mass is 419 g/mol. The highest BCUT2D eigenvalue weighted by Crippen LogP contribution is 2.17. The highest BCUT2D eigenvalue weighted by molar-refractivity contribution is 7.99. The number of primary sulfonamides is 1. The molecule has 3 rings (SSSR count). The number of furan rings is 1. The quantitative estimate of drug-likeness (QED) is 0.498. The Balaban J connectivity index is 1.54. The first-order valence-corrected chi connectivity index (χ1v) is 10.6. The second kappa shape index (κ2) is 8.42. The number of anilines is 1. The van der Waals surface area contributed by atoms with Crippen molar-refractivity contribution in [3.63, 3.8) is 0 Å². The van der Waals surface area contributed by atoms with Crippen molar-refractivity contribution in [2.24, 2.45) is 5.14 Å². The van der Waals surface area contributed by atoms with Crippen LogP contribution >= 0.6 is 11.8 Å². The van der Waals surface area contributed by atoms with Gasteiger partial charge in [-0.15, -0.1) is 5.10 Å². The predicted molar refractivity (Wildman–Crippen MR) is 106 cm³/mol. The molecule has 0 bridgehead atoms. The molecule has 11 heteroatoms. The van der Waals surface area contributed by atoms with Crippen molar-refractivity contribution in [2.45, 2.75) is 17.0 Å². The van der Waals surface area contributed by atoms with Crippen LogP contribution in [-0.2, 0) is 14.8 Å². The van der Waals surface area contributed by atoms with Gasteiger partial charge in [-0.25, -0.2) is 18.5 Å². The molecule has 0 fully saturated rings. The fourth-order valence-electron chi connectivity index (χ4n) is 2.18. The van der Waals surface area contributed by atoms with Gasteiger partial charge in [-0.1, -0.05) is 17.8 Å².